The molecule has 2 N–H and O–H groups in total. The number of nitrogens with two attached hydrogens (primary N) is 1. The molecule has 0 atom stereocenters. The van der Waals surface area contributed by atoms with E-state index < -0.39 is 10.0 Å². The Kier molecular flexibility index (Phi) is 3.98. The number of hydrogen-bond acceptors (Lipinski definition) is 3. The van der Waals surface area contributed by atoms with Crippen LogP contribution in [0.3, 0.4) is 0 Å². The van der Waals surface area contributed by atoms with E-state index in [9.17, 15) is 8.42 Å². The van der Waals surface area contributed by atoms with E-state index in [0.29, 0.717) is 16.2 Å². The van der Waals surface area contributed by atoms with Gasteiger partial charge in [0.25, 0.3) is 10.0 Å². The smallest absolute Gasteiger partial charge is 0.268 e. The predicted molar refractivity (Wildman–Crippen MR) is 106 cm³/mol. The number of anilines is 1. The molecule has 0 amide bonds. The number of halogens is 1. The molecule has 6 heteroatoms. The van der Waals surface area contributed by atoms with E-state index in [1.807, 2.05) is 24.3 Å². The minimum atomic E-state index is -3.67. The molecular formula is C20H15ClN2O2S. The molecule has 3 aromatic carbocycles. The first-order valence-corrected chi connectivity index (χ1v) is 9.76. The minimum Gasteiger partial charge on any atom is -0.398 e. The summed E-state index contributed by atoms with van der Waals surface area (Å²) in [6.45, 7) is 0. The Bertz CT molecular complexity index is 1220. The summed E-state index contributed by atoms with van der Waals surface area (Å²) in [7, 11) is -3.67. The normalized spacial score (nSPS) is 11.7. The van der Waals surface area contributed by atoms with Crippen LogP contribution in [0.1, 0.15) is 0 Å². The van der Waals surface area contributed by atoms with Crippen LogP contribution in [0.4, 0.5) is 5.69 Å². The number of fused-ring (bicyclic) bond motifs is 1. The summed E-state index contributed by atoms with van der Waals surface area (Å²) in [4.78, 5) is 0.244. The van der Waals surface area contributed by atoms with Crippen molar-refractivity contribution in [1.29, 1.82) is 0 Å². The molecule has 0 radical (unpaired) electrons. The standard InChI is InChI=1S/C20H15ClN2O2S/c21-16-8-9-18(19(22)13-16)15-7-6-14-10-11-23(20(14)12-15)26(24,25)17-4-2-1-3-5-17/h1-13H,22H2. The highest BCUT2D eigenvalue weighted by Crippen LogP contribution is 2.32. The summed E-state index contributed by atoms with van der Waals surface area (Å²) in [5, 5.41) is 1.39. The molecule has 1 aromatic heterocycles. The summed E-state index contributed by atoms with van der Waals surface area (Å²) < 4.78 is 27.3. The fourth-order valence-corrected chi connectivity index (χ4v) is 4.53. The lowest BCUT2D eigenvalue weighted by molar-refractivity contribution is 0.589. The van der Waals surface area contributed by atoms with Gasteiger partial charge >= 0.3 is 0 Å². The molecule has 26 heavy (non-hydrogen) atoms. The van der Waals surface area contributed by atoms with Crippen LogP contribution in [0.5, 0.6) is 0 Å². The number of nitrogens with zero attached hydrogens (tertiary/aromatic N) is 1. The van der Waals surface area contributed by atoms with Crippen LogP contribution < -0.4 is 5.73 Å². The average molecular weight is 383 g/mol. The van der Waals surface area contributed by atoms with Gasteiger partial charge in [-0.05, 0) is 42.0 Å². The zero-order valence-electron chi connectivity index (χ0n) is 13.6. The molecule has 4 aromatic rings. The molecule has 0 aliphatic heterocycles. The number of aromatic nitrogens is 1. The van der Waals surface area contributed by atoms with Gasteiger partial charge in [0.05, 0.1) is 10.4 Å². The van der Waals surface area contributed by atoms with Crippen molar-refractivity contribution in [2.24, 2.45) is 0 Å². The van der Waals surface area contributed by atoms with Gasteiger partial charge in [0.2, 0.25) is 0 Å². The van der Waals surface area contributed by atoms with Crippen molar-refractivity contribution in [3.05, 3.63) is 84.0 Å². The molecule has 0 unspecified atom stereocenters. The van der Waals surface area contributed by atoms with E-state index >= 15 is 0 Å². The van der Waals surface area contributed by atoms with E-state index in [4.69, 9.17) is 17.3 Å². The van der Waals surface area contributed by atoms with Crippen LogP contribution in [0, 0.1) is 0 Å². The van der Waals surface area contributed by atoms with Crippen LogP contribution in [0.2, 0.25) is 5.02 Å². The van der Waals surface area contributed by atoms with Gasteiger partial charge in [0.1, 0.15) is 0 Å². The van der Waals surface area contributed by atoms with Gasteiger partial charge in [-0.15, -0.1) is 0 Å². The molecule has 4 rings (SSSR count). The van der Waals surface area contributed by atoms with Crippen LogP contribution in [-0.4, -0.2) is 12.4 Å². The van der Waals surface area contributed by atoms with Gasteiger partial charge in [0, 0.05) is 27.9 Å². The van der Waals surface area contributed by atoms with Crippen molar-refractivity contribution in [1.82, 2.24) is 3.97 Å². The molecular weight excluding hydrogens is 368 g/mol. The van der Waals surface area contributed by atoms with Gasteiger partial charge in [0.15, 0.2) is 0 Å². The Hall–Kier alpha value is -2.76. The number of benzene rings is 3. The summed E-state index contributed by atoms with van der Waals surface area (Å²) in [5.41, 5.74) is 8.85. The maximum Gasteiger partial charge on any atom is 0.268 e. The Morgan fingerprint density at radius 3 is 2.38 bits per heavy atom. The molecule has 0 saturated carbocycles. The number of hydrogen-bond donors (Lipinski definition) is 1. The lowest BCUT2D eigenvalue weighted by atomic mass is 10.0. The van der Waals surface area contributed by atoms with Crippen LogP contribution in [0.15, 0.2) is 83.9 Å². The zero-order chi connectivity index (χ0) is 18.3. The summed E-state index contributed by atoms with van der Waals surface area (Å²) in [6.07, 6.45) is 1.57. The van der Waals surface area contributed by atoms with Crippen molar-refractivity contribution in [3.63, 3.8) is 0 Å². The molecule has 0 spiro atoms. The second kappa shape index (κ2) is 6.20. The van der Waals surface area contributed by atoms with E-state index in [-0.39, 0.29) is 4.90 Å². The summed E-state index contributed by atoms with van der Waals surface area (Å²) in [6, 6.07) is 21.1. The third-order valence-corrected chi connectivity index (χ3v) is 6.22. The highest BCUT2D eigenvalue weighted by atomic mass is 35.5. The third kappa shape index (κ3) is 2.75. The quantitative estimate of drug-likeness (QED) is 0.518. The first-order chi connectivity index (χ1) is 12.5. The highest BCUT2D eigenvalue weighted by molar-refractivity contribution is 7.90. The Morgan fingerprint density at radius 1 is 0.885 bits per heavy atom. The summed E-state index contributed by atoms with van der Waals surface area (Å²) in [5.74, 6) is 0. The van der Waals surface area contributed by atoms with E-state index in [0.717, 1.165) is 16.5 Å². The van der Waals surface area contributed by atoms with Gasteiger partial charge in [-0.2, -0.15) is 0 Å². The van der Waals surface area contributed by atoms with E-state index in [1.54, 1.807) is 54.7 Å². The molecule has 0 aliphatic rings. The molecule has 0 aliphatic carbocycles. The predicted octanol–water partition coefficient (Wildman–Crippen LogP) is 4.78. The van der Waals surface area contributed by atoms with Crippen LogP contribution in [0.25, 0.3) is 22.0 Å². The van der Waals surface area contributed by atoms with Crippen molar-refractivity contribution in [3.8, 4) is 11.1 Å². The first kappa shape index (κ1) is 16.7. The van der Waals surface area contributed by atoms with Gasteiger partial charge < -0.3 is 5.73 Å². The topological polar surface area (TPSA) is 65.1 Å². The molecule has 1 heterocycles. The van der Waals surface area contributed by atoms with Crippen molar-refractivity contribution >= 4 is 38.2 Å². The van der Waals surface area contributed by atoms with Crippen LogP contribution >= 0.6 is 11.6 Å². The minimum absolute atomic E-state index is 0.244. The average Bonchev–Trinajstić information content (AvgIpc) is 3.06. The van der Waals surface area contributed by atoms with E-state index in [2.05, 4.69) is 0 Å². The van der Waals surface area contributed by atoms with Crippen molar-refractivity contribution in [2.75, 3.05) is 5.73 Å². The maximum atomic E-state index is 13.0. The Balaban J connectivity index is 1.91. The second-order valence-corrected chi connectivity index (χ2v) is 8.19. The lowest BCUT2D eigenvalue weighted by Gasteiger charge is -2.10. The van der Waals surface area contributed by atoms with Gasteiger partial charge in [-0.3, -0.25) is 0 Å². The lowest BCUT2D eigenvalue weighted by Crippen LogP contribution is -2.11. The van der Waals surface area contributed by atoms with Crippen LogP contribution in [-0.2, 0) is 10.0 Å². The second-order valence-electron chi connectivity index (χ2n) is 5.93. The maximum absolute atomic E-state index is 13.0. The van der Waals surface area contributed by atoms with Gasteiger partial charge in [-0.1, -0.05) is 48.0 Å². The fourth-order valence-electron chi connectivity index (χ4n) is 2.98. The fraction of sp³-hybridized carbons (Fsp3) is 0. The Labute approximate surface area is 156 Å². The Morgan fingerprint density at radius 2 is 1.65 bits per heavy atom. The summed E-state index contributed by atoms with van der Waals surface area (Å²) >= 11 is 5.97. The molecule has 130 valence electrons. The zero-order valence-corrected chi connectivity index (χ0v) is 15.2. The van der Waals surface area contributed by atoms with Crippen molar-refractivity contribution in [2.45, 2.75) is 4.90 Å². The first-order valence-electron chi connectivity index (χ1n) is 7.94. The molecule has 0 saturated heterocycles. The largest absolute Gasteiger partial charge is 0.398 e. The molecule has 0 bridgehead atoms. The van der Waals surface area contributed by atoms with Crippen molar-refractivity contribution < 1.29 is 8.42 Å². The molecule has 4 nitrogen and oxygen atoms in total. The monoisotopic (exact) mass is 382 g/mol. The van der Waals surface area contributed by atoms with E-state index in [1.165, 1.54) is 3.97 Å². The SMILES string of the molecule is Nc1cc(Cl)ccc1-c1ccc2ccn(S(=O)(=O)c3ccccc3)c2c1. The highest BCUT2D eigenvalue weighted by Gasteiger charge is 2.19. The van der Waals surface area contributed by atoms with Gasteiger partial charge in [-0.25, -0.2) is 12.4 Å². The number of rotatable bonds is 3. The third-order valence-electron chi connectivity index (χ3n) is 4.28. The number of nitrogen functional groups attached to an aromatic ring is 1. The molecule has 0 fully saturated rings.